The summed E-state index contributed by atoms with van der Waals surface area (Å²) in [5.41, 5.74) is 9.56. The first-order chi connectivity index (χ1) is 17.5. The Morgan fingerprint density at radius 2 is 1.92 bits per heavy atom. The third-order valence-electron chi connectivity index (χ3n) is 7.01. The molecule has 178 valence electrons. The normalized spacial score (nSPS) is 16.0. The summed E-state index contributed by atoms with van der Waals surface area (Å²) in [5.74, 6) is 2.16. The molecule has 0 bridgehead atoms. The lowest BCUT2D eigenvalue weighted by atomic mass is 9.93. The number of aryl methyl sites for hydroxylation is 2. The van der Waals surface area contributed by atoms with E-state index in [1.807, 2.05) is 18.2 Å². The largest absolute Gasteiger partial charge is 0.488 e. The zero-order chi connectivity index (χ0) is 24.4. The summed E-state index contributed by atoms with van der Waals surface area (Å²) < 4.78 is 13.4. The van der Waals surface area contributed by atoms with E-state index in [2.05, 4.69) is 71.0 Å². The van der Waals surface area contributed by atoms with Crippen molar-refractivity contribution in [1.29, 1.82) is 0 Å². The van der Waals surface area contributed by atoms with Crippen molar-refractivity contribution in [1.82, 2.24) is 19.7 Å². The van der Waals surface area contributed by atoms with Crippen molar-refractivity contribution in [3.63, 3.8) is 0 Å². The predicted molar refractivity (Wildman–Crippen MR) is 137 cm³/mol. The molecule has 1 fully saturated rings. The molecule has 0 amide bonds. The van der Waals surface area contributed by atoms with Gasteiger partial charge in [0.15, 0.2) is 5.82 Å². The van der Waals surface area contributed by atoms with E-state index < -0.39 is 5.76 Å². The van der Waals surface area contributed by atoms with Crippen LogP contribution in [0.5, 0.6) is 5.75 Å². The standard InChI is InChI=1S/C29H24N4O3/c1-16-11-17(2)27-24(12-16)33(28(31-27)18-7-8-18)20-9-10-22-23(14-26-30-29(34)36-32-26)21-6-4-3-5-19(21)15-35-25(22)13-20/h3-6,9-14,18H,7-8,15H2,1-2H3,(H,30,32,34)/b23-14+. The number of H-pyrrole nitrogens is 1. The van der Waals surface area contributed by atoms with Gasteiger partial charge in [0.05, 0.1) is 16.7 Å². The lowest BCUT2D eigenvalue weighted by Crippen LogP contribution is -2.02. The quantitative estimate of drug-likeness (QED) is 0.362. The highest BCUT2D eigenvalue weighted by atomic mass is 16.5. The summed E-state index contributed by atoms with van der Waals surface area (Å²) in [6.45, 7) is 4.70. The number of ether oxygens (including phenoxy) is 1. The Morgan fingerprint density at radius 1 is 1.06 bits per heavy atom. The first-order valence-electron chi connectivity index (χ1n) is 12.2. The maximum Gasteiger partial charge on any atom is 0.439 e. The van der Waals surface area contributed by atoms with E-state index in [1.165, 1.54) is 24.0 Å². The minimum Gasteiger partial charge on any atom is -0.488 e. The predicted octanol–water partition coefficient (Wildman–Crippen LogP) is 5.68. The molecule has 1 aliphatic heterocycles. The van der Waals surface area contributed by atoms with E-state index >= 15 is 0 Å². The molecule has 7 nitrogen and oxygen atoms in total. The third kappa shape index (κ3) is 3.39. The van der Waals surface area contributed by atoms with Crippen LogP contribution in [0.2, 0.25) is 0 Å². The fourth-order valence-corrected chi connectivity index (χ4v) is 5.23. The second-order valence-electron chi connectivity index (χ2n) is 9.69. The highest BCUT2D eigenvalue weighted by molar-refractivity contribution is 5.94. The summed E-state index contributed by atoms with van der Waals surface area (Å²) in [5, 5.41) is 3.86. The zero-order valence-corrected chi connectivity index (χ0v) is 20.0. The van der Waals surface area contributed by atoms with Gasteiger partial charge in [0, 0.05) is 17.5 Å². The van der Waals surface area contributed by atoms with E-state index in [0.29, 0.717) is 18.3 Å². The van der Waals surface area contributed by atoms with Crippen LogP contribution < -0.4 is 10.5 Å². The van der Waals surface area contributed by atoms with Crippen LogP contribution in [0, 0.1) is 13.8 Å². The average molecular weight is 477 g/mol. The topological polar surface area (TPSA) is 85.9 Å². The van der Waals surface area contributed by atoms with Gasteiger partial charge in [-0.3, -0.25) is 14.1 Å². The molecule has 7 heteroatoms. The van der Waals surface area contributed by atoms with E-state index in [0.717, 1.165) is 50.6 Å². The minimum absolute atomic E-state index is 0.365. The number of benzene rings is 3. The Hall–Kier alpha value is -4.39. The van der Waals surface area contributed by atoms with Gasteiger partial charge >= 0.3 is 5.76 Å². The average Bonchev–Trinajstić information content (AvgIpc) is 3.56. The van der Waals surface area contributed by atoms with Gasteiger partial charge in [-0.15, -0.1) is 0 Å². The first-order valence-corrected chi connectivity index (χ1v) is 12.2. The summed E-state index contributed by atoms with van der Waals surface area (Å²) >= 11 is 0. The van der Waals surface area contributed by atoms with Crippen LogP contribution in [0.25, 0.3) is 28.4 Å². The third-order valence-corrected chi connectivity index (χ3v) is 7.01. The summed E-state index contributed by atoms with van der Waals surface area (Å²) in [6.07, 6.45) is 4.17. The molecule has 0 unspecified atom stereocenters. The summed E-state index contributed by atoms with van der Waals surface area (Å²) in [4.78, 5) is 19.3. The molecule has 1 N–H and O–H groups in total. The molecule has 5 aromatic rings. The number of nitrogens with zero attached hydrogens (tertiary/aromatic N) is 3. The lowest BCUT2D eigenvalue weighted by molar-refractivity contribution is 0.307. The molecule has 3 aromatic carbocycles. The SMILES string of the molecule is Cc1cc(C)c2nc(C3CC3)n(-c3ccc4c(c3)OCc3ccccc3/C4=C\c3noc(=O)[nH]3)c2c1. The molecule has 2 aliphatic rings. The number of aromatic nitrogens is 4. The molecule has 2 aromatic heterocycles. The van der Waals surface area contributed by atoms with Gasteiger partial charge in [0.25, 0.3) is 0 Å². The molecule has 0 spiro atoms. The Kier molecular flexibility index (Phi) is 4.54. The number of nitrogens with one attached hydrogen (secondary N) is 1. The molecular weight excluding hydrogens is 452 g/mol. The molecule has 1 aliphatic carbocycles. The molecule has 1 saturated carbocycles. The van der Waals surface area contributed by atoms with Crippen LogP contribution in [0.3, 0.4) is 0 Å². The maximum atomic E-state index is 11.6. The van der Waals surface area contributed by atoms with Crippen molar-refractivity contribution < 1.29 is 9.26 Å². The highest BCUT2D eigenvalue weighted by Gasteiger charge is 2.31. The molecule has 0 saturated heterocycles. The number of aromatic amines is 1. The van der Waals surface area contributed by atoms with Gasteiger partial charge in [-0.1, -0.05) is 35.5 Å². The molecule has 3 heterocycles. The molecule has 0 atom stereocenters. The van der Waals surface area contributed by atoms with E-state index in [-0.39, 0.29) is 0 Å². The van der Waals surface area contributed by atoms with E-state index in [9.17, 15) is 4.79 Å². The number of hydrogen-bond acceptors (Lipinski definition) is 5. The molecule has 0 radical (unpaired) electrons. The van der Waals surface area contributed by atoms with Gasteiger partial charge < -0.3 is 4.74 Å². The van der Waals surface area contributed by atoms with Crippen LogP contribution in [0.1, 0.15) is 58.2 Å². The zero-order valence-electron chi connectivity index (χ0n) is 20.0. The molecule has 7 rings (SSSR count). The van der Waals surface area contributed by atoms with Crippen LogP contribution in [-0.4, -0.2) is 19.7 Å². The molecule has 36 heavy (non-hydrogen) atoms. The number of fused-ring (bicyclic) bond motifs is 3. The summed E-state index contributed by atoms with van der Waals surface area (Å²) in [6, 6.07) is 18.8. The van der Waals surface area contributed by atoms with Crippen molar-refractivity contribution in [2.24, 2.45) is 0 Å². The Morgan fingerprint density at radius 3 is 2.72 bits per heavy atom. The first kappa shape index (κ1) is 20.9. The maximum absolute atomic E-state index is 11.6. The van der Waals surface area contributed by atoms with Crippen LogP contribution >= 0.6 is 0 Å². The fraction of sp³-hybridized carbons (Fsp3) is 0.207. The van der Waals surface area contributed by atoms with E-state index in [4.69, 9.17) is 14.2 Å². The van der Waals surface area contributed by atoms with Gasteiger partial charge in [0.2, 0.25) is 0 Å². The number of imidazole rings is 1. The van der Waals surface area contributed by atoms with Crippen LogP contribution in [0.15, 0.2) is 63.9 Å². The Labute approximate surface area is 207 Å². The second-order valence-corrected chi connectivity index (χ2v) is 9.69. The van der Waals surface area contributed by atoms with Gasteiger partial charge in [-0.25, -0.2) is 9.78 Å². The lowest BCUT2D eigenvalue weighted by Gasteiger charge is -2.14. The highest BCUT2D eigenvalue weighted by Crippen LogP contribution is 2.44. The van der Waals surface area contributed by atoms with Crippen molar-refractivity contribution >= 4 is 22.7 Å². The summed E-state index contributed by atoms with van der Waals surface area (Å²) in [7, 11) is 0. The van der Waals surface area contributed by atoms with Crippen molar-refractivity contribution in [3.05, 3.63) is 105 Å². The van der Waals surface area contributed by atoms with E-state index in [1.54, 1.807) is 0 Å². The number of hydrogen-bond donors (Lipinski definition) is 1. The Balaban J connectivity index is 1.44. The van der Waals surface area contributed by atoms with Crippen molar-refractivity contribution in [3.8, 4) is 11.4 Å². The van der Waals surface area contributed by atoms with Crippen LogP contribution in [-0.2, 0) is 6.61 Å². The van der Waals surface area contributed by atoms with Gasteiger partial charge in [0.1, 0.15) is 18.2 Å². The minimum atomic E-state index is -0.583. The Bertz CT molecular complexity index is 1750. The van der Waals surface area contributed by atoms with Crippen LogP contribution in [0.4, 0.5) is 0 Å². The second kappa shape index (κ2) is 7.81. The molecular formula is C29H24N4O3. The monoisotopic (exact) mass is 476 g/mol. The van der Waals surface area contributed by atoms with Crippen molar-refractivity contribution in [2.45, 2.75) is 39.2 Å². The number of rotatable bonds is 3. The van der Waals surface area contributed by atoms with Gasteiger partial charge in [-0.2, -0.15) is 0 Å². The smallest absolute Gasteiger partial charge is 0.439 e. The fourth-order valence-electron chi connectivity index (χ4n) is 5.23. The van der Waals surface area contributed by atoms with Gasteiger partial charge in [-0.05, 0) is 78.8 Å². The van der Waals surface area contributed by atoms with Crippen molar-refractivity contribution in [2.75, 3.05) is 0 Å².